The van der Waals surface area contributed by atoms with E-state index in [2.05, 4.69) is 15.3 Å². The minimum Gasteiger partial charge on any atom is -0.349 e. The highest BCUT2D eigenvalue weighted by Gasteiger charge is 2.39. The zero-order chi connectivity index (χ0) is 26.1. The highest BCUT2D eigenvalue weighted by atomic mass is 32.2. The molecule has 0 aliphatic carbocycles. The van der Waals surface area contributed by atoms with Gasteiger partial charge in [-0.05, 0) is 54.8 Å². The number of rotatable bonds is 6. The van der Waals surface area contributed by atoms with Crippen molar-refractivity contribution in [2.45, 2.75) is 36.5 Å². The van der Waals surface area contributed by atoms with Crippen molar-refractivity contribution in [1.82, 2.24) is 19.6 Å². The van der Waals surface area contributed by atoms with Gasteiger partial charge in [-0.1, -0.05) is 6.07 Å². The summed E-state index contributed by atoms with van der Waals surface area (Å²) < 4.78 is 92.5. The summed E-state index contributed by atoms with van der Waals surface area (Å²) in [6, 6.07) is 7.55. The third-order valence-electron chi connectivity index (χ3n) is 5.60. The largest absolute Gasteiger partial charge is 0.433 e. The molecule has 4 rings (SSSR count). The molecule has 1 N–H and O–H groups in total. The Kier molecular flexibility index (Phi) is 7.05. The summed E-state index contributed by atoms with van der Waals surface area (Å²) in [6.45, 7) is -0.153. The Morgan fingerprint density at radius 1 is 1.06 bits per heavy atom. The first-order valence-corrected chi connectivity index (χ1v) is 12.1. The minimum atomic E-state index is -4.62. The lowest BCUT2D eigenvalue weighted by Crippen LogP contribution is -2.45. The Balaban J connectivity index is 1.48. The van der Waals surface area contributed by atoms with Gasteiger partial charge < -0.3 is 5.32 Å². The lowest BCUT2D eigenvalue weighted by molar-refractivity contribution is -0.141. The molecule has 0 spiro atoms. The molecule has 0 bridgehead atoms. The lowest BCUT2D eigenvalue weighted by Gasteiger charge is -2.23. The van der Waals surface area contributed by atoms with Gasteiger partial charge in [-0.3, -0.25) is 9.78 Å². The highest BCUT2D eigenvalue weighted by Crippen LogP contribution is 2.29. The van der Waals surface area contributed by atoms with Crippen molar-refractivity contribution in [1.29, 1.82) is 0 Å². The van der Waals surface area contributed by atoms with Gasteiger partial charge in [-0.2, -0.15) is 21.9 Å². The molecule has 1 saturated heterocycles. The van der Waals surface area contributed by atoms with Crippen molar-refractivity contribution < 1.29 is 35.2 Å². The minimum absolute atomic E-state index is 0.0733. The fourth-order valence-corrected chi connectivity index (χ4v) is 5.52. The molecule has 0 saturated carbocycles. The number of carbonyl (C=O) groups is 1. The van der Waals surface area contributed by atoms with E-state index in [-0.39, 0.29) is 41.2 Å². The summed E-state index contributed by atoms with van der Waals surface area (Å²) in [6.07, 6.45) is -2.97. The van der Waals surface area contributed by atoms with Gasteiger partial charge >= 0.3 is 6.18 Å². The zero-order valence-electron chi connectivity index (χ0n) is 18.5. The van der Waals surface area contributed by atoms with Crippen LogP contribution in [0.4, 0.5) is 22.0 Å². The molecule has 1 atom stereocenters. The Bertz CT molecular complexity index is 1360. The van der Waals surface area contributed by atoms with Crippen molar-refractivity contribution in [3.05, 3.63) is 77.9 Å². The fraction of sp³-hybridized carbons (Fsp3) is 0.261. The molecular formula is C23H19F5N4O3S. The number of nitrogens with one attached hydrogen (secondary N) is 1. The quantitative estimate of drug-likeness (QED) is 0.389. The van der Waals surface area contributed by atoms with E-state index in [0.29, 0.717) is 6.42 Å². The Hall–Kier alpha value is -3.45. The molecule has 3 aromatic rings. The number of hydrogen-bond donors (Lipinski definition) is 1. The van der Waals surface area contributed by atoms with Crippen LogP contribution in [0, 0.1) is 11.8 Å². The van der Waals surface area contributed by atoms with Crippen LogP contribution in [-0.4, -0.2) is 41.2 Å². The number of sulfonamides is 1. The van der Waals surface area contributed by atoms with Crippen LogP contribution >= 0.6 is 0 Å². The monoisotopic (exact) mass is 526 g/mol. The molecule has 1 aliphatic rings. The van der Waals surface area contributed by atoms with E-state index in [4.69, 9.17) is 0 Å². The summed E-state index contributed by atoms with van der Waals surface area (Å²) in [5.74, 6) is -2.14. The zero-order valence-corrected chi connectivity index (χ0v) is 19.3. The fourth-order valence-electron chi connectivity index (χ4n) is 3.87. The smallest absolute Gasteiger partial charge is 0.349 e. The predicted octanol–water partition coefficient (Wildman–Crippen LogP) is 3.91. The van der Waals surface area contributed by atoms with Crippen LogP contribution in [0.25, 0.3) is 11.1 Å². The first kappa shape index (κ1) is 25.6. The second kappa shape index (κ2) is 9.90. The van der Waals surface area contributed by atoms with Crippen LogP contribution in [0.3, 0.4) is 0 Å². The van der Waals surface area contributed by atoms with Gasteiger partial charge in [0, 0.05) is 24.4 Å². The molecule has 0 radical (unpaired) electrons. The van der Waals surface area contributed by atoms with Gasteiger partial charge in [0.2, 0.25) is 21.9 Å². The molecule has 36 heavy (non-hydrogen) atoms. The maximum Gasteiger partial charge on any atom is 0.433 e. The Labute approximate surface area is 203 Å². The number of benzene rings is 1. The molecule has 1 amide bonds. The molecule has 2 aromatic heterocycles. The summed E-state index contributed by atoms with van der Waals surface area (Å²) in [4.78, 5) is 19.7. The molecule has 1 aromatic carbocycles. The van der Waals surface area contributed by atoms with Crippen molar-refractivity contribution >= 4 is 15.9 Å². The van der Waals surface area contributed by atoms with Crippen LogP contribution in [-0.2, 0) is 27.5 Å². The molecule has 7 nitrogen and oxygen atoms in total. The Morgan fingerprint density at radius 2 is 1.78 bits per heavy atom. The summed E-state index contributed by atoms with van der Waals surface area (Å²) in [7, 11) is -4.05. The van der Waals surface area contributed by atoms with Gasteiger partial charge in [0.05, 0.1) is 17.1 Å². The summed E-state index contributed by atoms with van der Waals surface area (Å²) in [5.41, 5.74) is -0.604. The standard InChI is InChI=1S/C23H19F5N4O3S/c24-16-4-6-18(7-5-16)36(34,35)32-9-1-2-19(32)22(33)30-13-17-10-15(11-21(25)31-17)14-3-8-20(29-12-14)23(26,27)28/h3-8,10-12,19H,1-2,9,13H2,(H,30,33)/t19-/m0/s1. The van der Waals surface area contributed by atoms with Gasteiger partial charge in [-0.25, -0.2) is 17.8 Å². The number of amides is 1. The third kappa shape index (κ3) is 5.51. The lowest BCUT2D eigenvalue weighted by atomic mass is 10.1. The number of halogens is 5. The van der Waals surface area contributed by atoms with Crippen molar-refractivity contribution in [2.75, 3.05) is 6.54 Å². The summed E-state index contributed by atoms with van der Waals surface area (Å²) in [5, 5.41) is 2.54. The first-order valence-electron chi connectivity index (χ1n) is 10.7. The van der Waals surface area contributed by atoms with E-state index >= 15 is 0 Å². The molecule has 190 valence electrons. The molecule has 1 aliphatic heterocycles. The summed E-state index contributed by atoms with van der Waals surface area (Å²) >= 11 is 0. The maximum absolute atomic E-state index is 14.1. The van der Waals surface area contributed by atoms with Crippen LogP contribution in [0.15, 0.2) is 59.6 Å². The number of carbonyl (C=O) groups excluding carboxylic acids is 1. The normalized spacial score (nSPS) is 16.8. The van der Waals surface area contributed by atoms with Crippen molar-refractivity contribution in [3.63, 3.8) is 0 Å². The van der Waals surface area contributed by atoms with E-state index < -0.39 is 45.6 Å². The maximum atomic E-state index is 14.1. The number of aromatic nitrogens is 2. The third-order valence-corrected chi connectivity index (χ3v) is 7.53. The van der Waals surface area contributed by atoms with E-state index in [1.807, 2.05) is 0 Å². The highest BCUT2D eigenvalue weighted by molar-refractivity contribution is 7.89. The Morgan fingerprint density at radius 3 is 2.42 bits per heavy atom. The predicted molar refractivity (Wildman–Crippen MR) is 118 cm³/mol. The van der Waals surface area contributed by atoms with Gasteiger partial charge in [0.1, 0.15) is 17.6 Å². The van der Waals surface area contributed by atoms with E-state index in [1.54, 1.807) is 0 Å². The van der Waals surface area contributed by atoms with Crippen LogP contribution in [0.2, 0.25) is 0 Å². The molecule has 0 unspecified atom stereocenters. The van der Waals surface area contributed by atoms with E-state index in [9.17, 15) is 35.2 Å². The number of nitrogens with zero attached hydrogens (tertiary/aromatic N) is 3. The number of hydrogen-bond acceptors (Lipinski definition) is 5. The van der Waals surface area contributed by atoms with Crippen molar-refractivity contribution in [2.24, 2.45) is 0 Å². The van der Waals surface area contributed by atoms with Crippen LogP contribution in [0.1, 0.15) is 24.2 Å². The molecule has 1 fully saturated rings. The van der Waals surface area contributed by atoms with Gasteiger partial charge in [0.15, 0.2) is 0 Å². The van der Waals surface area contributed by atoms with Crippen LogP contribution < -0.4 is 5.32 Å². The molecular weight excluding hydrogens is 507 g/mol. The second-order valence-electron chi connectivity index (χ2n) is 8.05. The number of pyridine rings is 2. The van der Waals surface area contributed by atoms with E-state index in [1.165, 1.54) is 6.07 Å². The molecule has 13 heteroatoms. The topological polar surface area (TPSA) is 92.3 Å². The van der Waals surface area contributed by atoms with Crippen molar-refractivity contribution in [3.8, 4) is 11.1 Å². The van der Waals surface area contributed by atoms with E-state index in [0.717, 1.165) is 53.0 Å². The van der Waals surface area contributed by atoms with Gasteiger partial charge in [0.25, 0.3) is 0 Å². The first-order chi connectivity index (χ1) is 16.9. The average Bonchev–Trinajstić information content (AvgIpc) is 3.33. The average molecular weight is 526 g/mol. The SMILES string of the molecule is O=C(NCc1cc(-c2ccc(C(F)(F)F)nc2)cc(F)n1)[C@@H]1CCCN1S(=O)(=O)c1ccc(F)cc1. The van der Waals surface area contributed by atoms with Crippen LogP contribution in [0.5, 0.6) is 0 Å². The van der Waals surface area contributed by atoms with Gasteiger partial charge in [-0.15, -0.1) is 0 Å². The second-order valence-corrected chi connectivity index (χ2v) is 9.94. The number of alkyl halides is 3. The molecule has 3 heterocycles.